The van der Waals surface area contributed by atoms with Crippen LogP contribution in [0.15, 0.2) is 28.2 Å². The van der Waals surface area contributed by atoms with E-state index in [-0.39, 0.29) is 23.4 Å². The van der Waals surface area contributed by atoms with Crippen molar-refractivity contribution in [1.29, 1.82) is 0 Å². The van der Waals surface area contributed by atoms with Gasteiger partial charge in [0.1, 0.15) is 17.2 Å². The van der Waals surface area contributed by atoms with Gasteiger partial charge in [-0.15, -0.1) is 0 Å². The number of anilines is 1. The predicted molar refractivity (Wildman–Crippen MR) is 79.6 cm³/mol. The highest BCUT2D eigenvalue weighted by Crippen LogP contribution is 2.42. The summed E-state index contributed by atoms with van der Waals surface area (Å²) in [6.07, 6.45) is 4.52. The Labute approximate surface area is 122 Å². The number of nitrogens with zero attached hydrogens (tertiary/aromatic N) is 3. The average molecular weight is 291 g/mol. The van der Waals surface area contributed by atoms with E-state index in [2.05, 4.69) is 9.98 Å². The normalized spacial score (nSPS) is 21.1. The molecule has 7 heteroatoms. The van der Waals surface area contributed by atoms with E-state index in [1.165, 1.54) is 18.2 Å². The standard InChI is InChI=1S/C14H18FN5O/c15-9-4-5-11(21)10(8-9)20-13(17)18-12(16)19-14(20)6-2-1-3-7-14/h4-5,8,21H,1-3,6-7H2,(H4,16,17,18,19). The molecule has 0 atom stereocenters. The van der Waals surface area contributed by atoms with Crippen molar-refractivity contribution in [2.75, 3.05) is 4.90 Å². The molecule has 1 fully saturated rings. The molecule has 1 aliphatic carbocycles. The number of aliphatic imine (C=N–C) groups is 2. The van der Waals surface area contributed by atoms with Crippen LogP contribution in [0.4, 0.5) is 10.1 Å². The van der Waals surface area contributed by atoms with Crippen LogP contribution in [0.1, 0.15) is 32.1 Å². The highest BCUT2D eigenvalue weighted by Gasteiger charge is 2.43. The van der Waals surface area contributed by atoms with Crippen LogP contribution in [0, 0.1) is 5.82 Å². The number of rotatable bonds is 1. The Kier molecular flexibility index (Phi) is 3.19. The largest absolute Gasteiger partial charge is 0.506 e. The third-order valence-electron chi connectivity index (χ3n) is 4.03. The maximum atomic E-state index is 13.6. The first kappa shape index (κ1) is 13.7. The number of phenols is 1. The van der Waals surface area contributed by atoms with Crippen LogP contribution in [0.5, 0.6) is 5.75 Å². The molecule has 5 N–H and O–H groups in total. The second-order valence-electron chi connectivity index (χ2n) is 5.45. The fraction of sp³-hybridized carbons (Fsp3) is 0.429. The van der Waals surface area contributed by atoms with Crippen LogP contribution < -0.4 is 16.4 Å². The number of hydrogen-bond acceptors (Lipinski definition) is 6. The molecule has 1 saturated carbocycles. The van der Waals surface area contributed by atoms with Crippen molar-refractivity contribution in [3.05, 3.63) is 24.0 Å². The molecule has 112 valence electrons. The van der Waals surface area contributed by atoms with E-state index in [0.29, 0.717) is 0 Å². The van der Waals surface area contributed by atoms with Gasteiger partial charge in [0, 0.05) is 6.07 Å². The molecule has 0 aromatic heterocycles. The quantitative estimate of drug-likeness (QED) is 0.732. The Morgan fingerprint density at radius 1 is 1.19 bits per heavy atom. The lowest BCUT2D eigenvalue weighted by molar-refractivity contribution is 0.303. The number of guanidine groups is 2. The van der Waals surface area contributed by atoms with Crippen molar-refractivity contribution >= 4 is 17.6 Å². The molecule has 0 amide bonds. The van der Waals surface area contributed by atoms with E-state index in [1.807, 2.05) is 0 Å². The van der Waals surface area contributed by atoms with Gasteiger partial charge in [-0.05, 0) is 37.8 Å². The lowest BCUT2D eigenvalue weighted by Crippen LogP contribution is -2.58. The summed E-state index contributed by atoms with van der Waals surface area (Å²) in [7, 11) is 0. The number of aromatic hydroxyl groups is 1. The second kappa shape index (κ2) is 4.91. The van der Waals surface area contributed by atoms with Gasteiger partial charge < -0.3 is 16.6 Å². The fourth-order valence-electron chi connectivity index (χ4n) is 3.15. The summed E-state index contributed by atoms with van der Waals surface area (Å²) in [4.78, 5) is 10.1. The van der Waals surface area contributed by atoms with Crippen LogP contribution >= 0.6 is 0 Å². The maximum absolute atomic E-state index is 13.6. The van der Waals surface area contributed by atoms with Crippen LogP contribution in [0.25, 0.3) is 0 Å². The average Bonchev–Trinajstić information content (AvgIpc) is 2.42. The first-order valence-electron chi connectivity index (χ1n) is 7.00. The molecule has 21 heavy (non-hydrogen) atoms. The summed E-state index contributed by atoms with van der Waals surface area (Å²) in [5, 5.41) is 10.1. The Balaban J connectivity index is 2.13. The molecule has 1 spiro atoms. The van der Waals surface area contributed by atoms with Crippen molar-refractivity contribution in [1.82, 2.24) is 0 Å². The van der Waals surface area contributed by atoms with E-state index in [0.717, 1.165) is 32.1 Å². The molecule has 2 aliphatic rings. The molecule has 1 aromatic rings. The Bertz CT molecular complexity index is 622. The van der Waals surface area contributed by atoms with Gasteiger partial charge in [0.05, 0.1) is 5.69 Å². The summed E-state index contributed by atoms with van der Waals surface area (Å²) in [5.74, 6) is -0.258. The van der Waals surface area contributed by atoms with Gasteiger partial charge in [0.25, 0.3) is 0 Å². The van der Waals surface area contributed by atoms with Crippen LogP contribution in [-0.4, -0.2) is 22.7 Å². The van der Waals surface area contributed by atoms with Gasteiger partial charge in [0.2, 0.25) is 11.9 Å². The smallest absolute Gasteiger partial charge is 0.220 e. The molecule has 3 rings (SSSR count). The summed E-state index contributed by atoms with van der Waals surface area (Å²) in [6.45, 7) is 0. The molecule has 0 unspecified atom stereocenters. The molecule has 1 aliphatic heterocycles. The highest BCUT2D eigenvalue weighted by atomic mass is 19.1. The number of nitrogens with two attached hydrogens (primary N) is 2. The van der Waals surface area contributed by atoms with Gasteiger partial charge >= 0.3 is 0 Å². The van der Waals surface area contributed by atoms with Crippen molar-refractivity contribution in [2.45, 2.75) is 37.8 Å². The van der Waals surface area contributed by atoms with Crippen LogP contribution in [0.3, 0.4) is 0 Å². The summed E-state index contributed by atoms with van der Waals surface area (Å²) < 4.78 is 13.6. The minimum atomic E-state index is -0.681. The Hall–Kier alpha value is -2.31. The van der Waals surface area contributed by atoms with E-state index in [9.17, 15) is 9.50 Å². The van der Waals surface area contributed by atoms with E-state index >= 15 is 0 Å². The molecule has 6 nitrogen and oxygen atoms in total. The minimum Gasteiger partial charge on any atom is -0.506 e. The molecule has 1 aromatic carbocycles. The Morgan fingerprint density at radius 3 is 2.62 bits per heavy atom. The predicted octanol–water partition coefficient (Wildman–Crippen LogP) is 1.64. The van der Waals surface area contributed by atoms with Gasteiger partial charge in [-0.3, -0.25) is 4.90 Å². The van der Waals surface area contributed by atoms with Gasteiger partial charge in [-0.25, -0.2) is 9.38 Å². The first-order chi connectivity index (χ1) is 10.0. The molecule has 0 radical (unpaired) electrons. The topological polar surface area (TPSA) is 100 Å². The van der Waals surface area contributed by atoms with Crippen molar-refractivity contribution < 1.29 is 9.50 Å². The van der Waals surface area contributed by atoms with Gasteiger partial charge in [0.15, 0.2) is 0 Å². The zero-order valence-corrected chi connectivity index (χ0v) is 11.6. The molecule has 1 heterocycles. The Morgan fingerprint density at radius 2 is 1.90 bits per heavy atom. The number of halogens is 1. The van der Waals surface area contributed by atoms with Crippen LogP contribution in [-0.2, 0) is 0 Å². The molecule has 0 bridgehead atoms. The van der Waals surface area contributed by atoms with Gasteiger partial charge in [-0.2, -0.15) is 4.99 Å². The monoisotopic (exact) mass is 291 g/mol. The van der Waals surface area contributed by atoms with E-state index in [4.69, 9.17) is 11.5 Å². The molecule has 0 saturated heterocycles. The lowest BCUT2D eigenvalue weighted by atomic mass is 9.87. The SMILES string of the molecule is NC1=NC2(CCCCC2)N(c2cc(F)ccc2O)C(N)=N1. The van der Waals surface area contributed by atoms with Crippen LogP contribution in [0.2, 0.25) is 0 Å². The highest BCUT2D eigenvalue weighted by molar-refractivity contribution is 6.06. The zero-order chi connectivity index (χ0) is 15.0. The van der Waals surface area contributed by atoms with Crippen molar-refractivity contribution in [2.24, 2.45) is 21.5 Å². The minimum absolute atomic E-state index is 0.0600. The summed E-state index contributed by atoms with van der Waals surface area (Å²) >= 11 is 0. The summed E-state index contributed by atoms with van der Waals surface area (Å²) in [6, 6.07) is 3.74. The van der Waals surface area contributed by atoms with Crippen molar-refractivity contribution in [3.63, 3.8) is 0 Å². The maximum Gasteiger partial charge on any atom is 0.220 e. The number of benzene rings is 1. The second-order valence-corrected chi connectivity index (χ2v) is 5.45. The summed E-state index contributed by atoms with van der Waals surface area (Å²) in [5.41, 5.74) is 11.4. The third-order valence-corrected chi connectivity index (χ3v) is 4.03. The first-order valence-corrected chi connectivity index (χ1v) is 7.00. The molecular weight excluding hydrogens is 273 g/mol. The number of hydrogen-bond donors (Lipinski definition) is 3. The third kappa shape index (κ3) is 2.28. The fourth-order valence-corrected chi connectivity index (χ4v) is 3.15. The number of phenolic OH excluding ortho intramolecular Hbond substituents is 1. The molecular formula is C14H18FN5O. The van der Waals surface area contributed by atoms with Gasteiger partial charge in [-0.1, -0.05) is 6.42 Å². The van der Waals surface area contributed by atoms with E-state index < -0.39 is 11.5 Å². The van der Waals surface area contributed by atoms with E-state index in [1.54, 1.807) is 4.90 Å². The lowest BCUT2D eigenvalue weighted by Gasteiger charge is -2.45. The zero-order valence-electron chi connectivity index (χ0n) is 11.6. The van der Waals surface area contributed by atoms with Crippen molar-refractivity contribution in [3.8, 4) is 5.75 Å².